The Hall–Kier alpha value is -6.33. The number of pyridine rings is 5. The molecule has 0 aromatic carbocycles. The van der Waals surface area contributed by atoms with Gasteiger partial charge in [0, 0.05) is 108 Å². The molecule has 0 N–H and O–H groups in total. The molecule has 3 fully saturated rings. The number of rotatable bonds is 15. The van der Waals surface area contributed by atoms with Gasteiger partial charge in [0.15, 0.2) is 17.3 Å². The lowest BCUT2D eigenvalue weighted by molar-refractivity contribution is 0.0977. The van der Waals surface area contributed by atoms with E-state index >= 15 is 0 Å². The maximum absolute atomic E-state index is 12.5. The lowest BCUT2D eigenvalue weighted by atomic mass is 10.1. The van der Waals surface area contributed by atoms with Gasteiger partial charge >= 0.3 is 0 Å². The normalized spacial score (nSPS) is 17.4. The molecule has 3 atom stereocenters. The maximum Gasteiger partial charge on any atom is 0.188 e. The smallest absolute Gasteiger partial charge is 0.188 e. The van der Waals surface area contributed by atoms with Crippen molar-refractivity contribution in [2.24, 2.45) is 0 Å². The molecule has 0 spiro atoms. The van der Waals surface area contributed by atoms with E-state index in [1.54, 1.807) is 30.6 Å². The van der Waals surface area contributed by atoms with Gasteiger partial charge in [0.2, 0.25) is 0 Å². The van der Waals surface area contributed by atoms with Gasteiger partial charge in [-0.05, 0) is 58.4 Å². The fourth-order valence-electron chi connectivity index (χ4n) is 7.27. The third-order valence-corrected chi connectivity index (χ3v) is 11.5. The number of Topliss-reactive ketones (excluding diaryl/α,β-unsaturated/α-hetero) is 3. The van der Waals surface area contributed by atoms with E-state index in [4.69, 9.17) is 28.4 Å². The highest BCUT2D eigenvalue weighted by atomic mass is 32.1. The summed E-state index contributed by atoms with van der Waals surface area (Å²) in [6, 6.07) is 20.0. The first-order valence-electron chi connectivity index (χ1n) is 22.4. The highest BCUT2D eigenvalue weighted by molar-refractivity contribution is 7.09. The van der Waals surface area contributed by atoms with E-state index in [1.807, 2.05) is 88.5 Å². The van der Waals surface area contributed by atoms with Crippen molar-refractivity contribution in [2.75, 3.05) is 39.6 Å². The highest BCUT2D eigenvalue weighted by Crippen LogP contribution is 2.23. The van der Waals surface area contributed by atoms with Crippen LogP contribution in [0.15, 0.2) is 84.5 Å². The molecule has 0 aliphatic carbocycles. The van der Waals surface area contributed by atoms with Gasteiger partial charge in [0.05, 0.1) is 58.9 Å². The molecule has 0 amide bonds. The van der Waals surface area contributed by atoms with Crippen molar-refractivity contribution in [3.8, 4) is 17.2 Å². The number of carbonyl (C=O) groups excluding carboxylic acids is 3. The number of ether oxygens (including phenoxy) is 6. The third kappa shape index (κ3) is 15.4. The molecule has 16 heteroatoms. The highest BCUT2D eigenvalue weighted by Gasteiger charge is 2.22. The van der Waals surface area contributed by atoms with Gasteiger partial charge < -0.3 is 28.4 Å². The second-order valence-corrected chi connectivity index (χ2v) is 17.6. The minimum atomic E-state index is -0.0603. The number of hydrogen-bond acceptors (Lipinski definition) is 16. The summed E-state index contributed by atoms with van der Waals surface area (Å²) in [4.78, 5) is 63.0. The van der Waals surface area contributed by atoms with Crippen LogP contribution in [-0.4, -0.2) is 105 Å². The van der Waals surface area contributed by atoms with Gasteiger partial charge in [-0.25, -0.2) is 19.9 Å². The van der Waals surface area contributed by atoms with Crippen LogP contribution in [0.3, 0.4) is 0 Å². The molecule has 0 saturated carbocycles. The zero-order valence-corrected chi connectivity index (χ0v) is 39.4. The van der Waals surface area contributed by atoms with E-state index in [1.165, 1.54) is 11.3 Å². The van der Waals surface area contributed by atoms with Crippen molar-refractivity contribution in [3.63, 3.8) is 0 Å². The monoisotopic (exact) mass is 928 g/mol. The van der Waals surface area contributed by atoms with Crippen LogP contribution in [-0.2, 0) is 33.5 Å². The fourth-order valence-corrected chi connectivity index (χ4v) is 8.04. The van der Waals surface area contributed by atoms with Crippen molar-refractivity contribution < 1.29 is 42.8 Å². The number of nitrogens with zero attached hydrogens (tertiary/aromatic N) is 6. The maximum atomic E-state index is 12.5. The summed E-state index contributed by atoms with van der Waals surface area (Å²) >= 11 is 1.50. The molecular formula is C51H56N6O9S. The molecule has 3 aliphatic heterocycles. The molecular weight excluding hydrogens is 873 g/mol. The topological polar surface area (TPSA) is 184 Å². The van der Waals surface area contributed by atoms with E-state index < -0.39 is 0 Å². The predicted octanol–water partition coefficient (Wildman–Crippen LogP) is 7.81. The average molecular weight is 929 g/mol. The van der Waals surface area contributed by atoms with Gasteiger partial charge in [-0.1, -0.05) is 12.1 Å². The summed E-state index contributed by atoms with van der Waals surface area (Å²) in [5.74, 6) is 1.88. The largest absolute Gasteiger partial charge is 0.488 e. The molecule has 9 heterocycles. The first-order valence-corrected chi connectivity index (χ1v) is 23.3. The summed E-state index contributed by atoms with van der Waals surface area (Å²) in [7, 11) is 0. The first kappa shape index (κ1) is 48.6. The molecule has 6 aromatic rings. The number of ketones is 3. The zero-order valence-electron chi connectivity index (χ0n) is 38.6. The second-order valence-electron chi connectivity index (χ2n) is 16.6. The lowest BCUT2D eigenvalue weighted by Gasteiger charge is -2.13. The Kier molecular flexibility index (Phi) is 17.3. The summed E-state index contributed by atoms with van der Waals surface area (Å²) in [6.45, 7) is 13.4. The number of hydrogen-bond donors (Lipinski definition) is 0. The van der Waals surface area contributed by atoms with Crippen LogP contribution in [0, 0.1) is 34.6 Å². The molecule has 3 saturated heterocycles. The number of thiazole rings is 1. The van der Waals surface area contributed by atoms with Crippen LogP contribution in [0.4, 0.5) is 0 Å². The van der Waals surface area contributed by atoms with Crippen molar-refractivity contribution >= 4 is 28.7 Å². The second kappa shape index (κ2) is 23.9. The van der Waals surface area contributed by atoms with Gasteiger partial charge in [-0.15, -0.1) is 11.3 Å². The Labute approximate surface area is 394 Å². The molecule has 0 radical (unpaired) electrons. The molecule has 3 aliphatic rings. The van der Waals surface area contributed by atoms with Crippen LogP contribution < -0.4 is 14.2 Å². The Morgan fingerprint density at radius 1 is 0.552 bits per heavy atom. The lowest BCUT2D eigenvalue weighted by Crippen LogP contribution is -2.16. The van der Waals surface area contributed by atoms with Gasteiger partial charge in [0.1, 0.15) is 57.6 Å². The fraction of sp³-hybridized carbons (Fsp3) is 0.392. The third-order valence-electron chi connectivity index (χ3n) is 10.6. The Bertz CT molecular complexity index is 2590. The zero-order chi connectivity index (χ0) is 47.1. The molecule has 15 nitrogen and oxygen atoms in total. The summed E-state index contributed by atoms with van der Waals surface area (Å²) in [5.41, 5.74) is 7.07. The molecule has 67 heavy (non-hydrogen) atoms. The minimum absolute atomic E-state index is 0.0365. The molecule has 9 rings (SSSR count). The average Bonchev–Trinajstić information content (AvgIpc) is 4.17. The van der Waals surface area contributed by atoms with Gasteiger partial charge in [-0.3, -0.25) is 24.4 Å². The Balaban J connectivity index is 0.000000149. The van der Waals surface area contributed by atoms with E-state index in [9.17, 15) is 14.4 Å². The quantitative estimate of drug-likeness (QED) is 0.0908. The summed E-state index contributed by atoms with van der Waals surface area (Å²) in [6.07, 6.45) is 7.00. The predicted molar refractivity (Wildman–Crippen MR) is 251 cm³/mol. The molecule has 350 valence electrons. The van der Waals surface area contributed by atoms with E-state index in [0.29, 0.717) is 54.2 Å². The SMILES string of the molecule is Cc1cc(O[C@@H]2CCOC2)cc(C(=O)Cc2ccccn2)n1.Cc1cc(O[C@@H]2CCOC2)cc(C(=O)Cc2nc(C)cs2)n1.Cc1ccc(CC(=O)c2cc(O[C@@H]3CCOC3)cc(C)n2)nc1. The summed E-state index contributed by atoms with van der Waals surface area (Å²) < 4.78 is 33.5. The van der Waals surface area contributed by atoms with Crippen LogP contribution in [0.1, 0.15) is 95.5 Å². The first-order chi connectivity index (χ1) is 32.4. The van der Waals surface area contributed by atoms with Crippen LogP contribution in [0.25, 0.3) is 0 Å². The van der Waals surface area contributed by atoms with Crippen LogP contribution >= 0.6 is 11.3 Å². The number of carbonyl (C=O) groups is 3. The summed E-state index contributed by atoms with van der Waals surface area (Å²) in [5, 5.41) is 2.76. The van der Waals surface area contributed by atoms with Crippen LogP contribution in [0.2, 0.25) is 0 Å². The molecule has 6 aromatic heterocycles. The van der Waals surface area contributed by atoms with Crippen molar-refractivity contribution in [2.45, 2.75) is 91.5 Å². The Morgan fingerprint density at radius 2 is 1.01 bits per heavy atom. The van der Waals surface area contributed by atoms with Crippen molar-refractivity contribution in [1.29, 1.82) is 0 Å². The number of aryl methyl sites for hydroxylation is 5. The number of aromatic nitrogens is 6. The standard InChI is InChI=1S/C18H20N2O3.C17H18N2O3.C16H18N2O3S/c1-12-3-4-14(19-10-12)8-18(21)17-9-16(7-13(2)20-17)23-15-5-6-22-11-15;1-12-8-15(22-14-5-7-21-11-14)10-16(19-12)17(20)9-13-4-2-3-6-18-13;1-10-5-13(21-12-3-4-20-8-12)6-14(17-10)15(19)7-16-18-11(2)9-22-16/h3-4,7,9-10,15H,5-6,8,11H2,1-2H3;2-4,6,8,10,14H,5,7,9,11H2,1H3;5-6,9,12H,3-4,7-8H2,1-2H3/t15-;14-;12-/m111/s1. The van der Waals surface area contributed by atoms with Crippen molar-refractivity contribution in [3.05, 3.63) is 146 Å². The van der Waals surface area contributed by atoms with Crippen molar-refractivity contribution in [1.82, 2.24) is 29.9 Å². The minimum Gasteiger partial charge on any atom is -0.488 e. The van der Waals surface area contributed by atoms with Gasteiger partial charge in [0.25, 0.3) is 0 Å². The van der Waals surface area contributed by atoms with Gasteiger partial charge in [-0.2, -0.15) is 0 Å². The van der Waals surface area contributed by atoms with E-state index in [2.05, 4.69) is 29.9 Å². The molecule has 0 unspecified atom stereocenters. The Morgan fingerprint density at radius 3 is 1.39 bits per heavy atom. The van der Waals surface area contributed by atoms with Crippen LogP contribution in [0.5, 0.6) is 17.2 Å². The van der Waals surface area contributed by atoms with E-state index in [0.717, 1.165) is 83.8 Å². The molecule has 0 bridgehead atoms. The van der Waals surface area contributed by atoms with E-state index in [-0.39, 0.29) is 54.9 Å².